The van der Waals surface area contributed by atoms with Crippen LogP contribution in [0.5, 0.6) is 0 Å². The number of rotatable bonds is 6. The first kappa shape index (κ1) is 19.8. The number of aromatic nitrogens is 2. The third-order valence-electron chi connectivity index (χ3n) is 5.70. The lowest BCUT2D eigenvalue weighted by Gasteiger charge is -2.31. The van der Waals surface area contributed by atoms with E-state index < -0.39 is 0 Å². The van der Waals surface area contributed by atoms with Crippen molar-refractivity contribution >= 4 is 11.9 Å². The first-order valence-electron chi connectivity index (χ1n) is 10.5. The molecule has 0 atom stereocenters. The largest absolute Gasteiger partial charge is 0.379 e. The topological polar surface area (TPSA) is 70.6 Å². The zero-order valence-corrected chi connectivity index (χ0v) is 16.8. The molecule has 0 bridgehead atoms. The third-order valence-corrected chi connectivity index (χ3v) is 5.70. The molecule has 2 aliphatic heterocycles. The second-order valence-electron chi connectivity index (χ2n) is 7.73. The molecule has 0 radical (unpaired) electrons. The van der Waals surface area contributed by atoms with Crippen LogP contribution >= 0.6 is 0 Å². The van der Waals surface area contributed by atoms with Crippen molar-refractivity contribution in [3.05, 3.63) is 53.9 Å². The molecule has 1 aromatic heterocycles. The van der Waals surface area contributed by atoms with E-state index in [9.17, 15) is 4.79 Å². The summed E-state index contributed by atoms with van der Waals surface area (Å²) in [5, 5.41) is 3.11. The molecular formula is C22H29N5O2. The van der Waals surface area contributed by atoms with E-state index in [2.05, 4.69) is 49.4 Å². The summed E-state index contributed by atoms with van der Waals surface area (Å²) >= 11 is 0. The van der Waals surface area contributed by atoms with Crippen LogP contribution in [0, 0.1) is 5.92 Å². The molecule has 2 saturated heterocycles. The highest BCUT2D eigenvalue weighted by atomic mass is 16.5. The van der Waals surface area contributed by atoms with Crippen LogP contribution < -0.4 is 10.2 Å². The zero-order valence-electron chi connectivity index (χ0n) is 16.8. The lowest BCUT2D eigenvalue weighted by Crippen LogP contribution is -2.41. The van der Waals surface area contributed by atoms with Crippen LogP contribution in [0.4, 0.5) is 5.95 Å². The number of ether oxygens (including phenoxy) is 1. The molecule has 7 heteroatoms. The maximum atomic E-state index is 12.6. The van der Waals surface area contributed by atoms with Gasteiger partial charge in [0.05, 0.1) is 13.2 Å². The average molecular weight is 396 g/mol. The molecule has 1 aromatic carbocycles. The summed E-state index contributed by atoms with van der Waals surface area (Å²) in [6.45, 7) is 6.80. The normalized spacial score (nSPS) is 18.6. The number of hydrogen-bond donors (Lipinski definition) is 1. The van der Waals surface area contributed by atoms with Gasteiger partial charge in [-0.15, -0.1) is 0 Å². The Bertz CT molecular complexity index is 770. The van der Waals surface area contributed by atoms with E-state index >= 15 is 0 Å². The minimum absolute atomic E-state index is 0.0653. The molecule has 0 aliphatic carbocycles. The van der Waals surface area contributed by atoms with Gasteiger partial charge >= 0.3 is 0 Å². The van der Waals surface area contributed by atoms with Crippen molar-refractivity contribution in [1.82, 2.24) is 20.2 Å². The Morgan fingerprint density at radius 1 is 1.00 bits per heavy atom. The highest BCUT2D eigenvalue weighted by molar-refractivity contribution is 5.78. The van der Waals surface area contributed by atoms with Gasteiger partial charge in [0.1, 0.15) is 0 Å². The second-order valence-corrected chi connectivity index (χ2v) is 7.73. The van der Waals surface area contributed by atoms with E-state index in [1.165, 1.54) is 5.56 Å². The number of benzene rings is 1. The Balaban J connectivity index is 1.20. The predicted octanol–water partition coefficient (Wildman–Crippen LogP) is 1.84. The molecule has 1 N–H and O–H groups in total. The van der Waals surface area contributed by atoms with Crippen LogP contribution in [0.3, 0.4) is 0 Å². The first-order chi connectivity index (χ1) is 14.3. The summed E-state index contributed by atoms with van der Waals surface area (Å²) < 4.78 is 5.40. The second kappa shape index (κ2) is 9.80. The van der Waals surface area contributed by atoms with Crippen LogP contribution in [0.1, 0.15) is 24.0 Å². The van der Waals surface area contributed by atoms with Gasteiger partial charge in [-0.1, -0.05) is 24.3 Å². The van der Waals surface area contributed by atoms with Gasteiger partial charge in [0.15, 0.2) is 0 Å². The monoisotopic (exact) mass is 395 g/mol. The molecule has 0 unspecified atom stereocenters. The van der Waals surface area contributed by atoms with Crippen molar-refractivity contribution in [2.75, 3.05) is 44.3 Å². The molecular weight excluding hydrogens is 366 g/mol. The van der Waals surface area contributed by atoms with Crippen LogP contribution in [-0.4, -0.2) is 60.2 Å². The molecule has 0 saturated carbocycles. The van der Waals surface area contributed by atoms with E-state index in [0.717, 1.165) is 70.3 Å². The maximum absolute atomic E-state index is 12.6. The molecule has 4 rings (SSSR count). The minimum atomic E-state index is 0.0653. The third kappa shape index (κ3) is 5.52. The molecule has 2 fully saturated rings. The summed E-state index contributed by atoms with van der Waals surface area (Å²) in [4.78, 5) is 25.7. The molecule has 2 aromatic rings. The van der Waals surface area contributed by atoms with E-state index in [0.29, 0.717) is 6.54 Å². The van der Waals surface area contributed by atoms with Crippen molar-refractivity contribution in [2.45, 2.75) is 25.9 Å². The van der Waals surface area contributed by atoms with Crippen LogP contribution in [-0.2, 0) is 22.6 Å². The summed E-state index contributed by atoms with van der Waals surface area (Å²) in [7, 11) is 0. The zero-order chi connectivity index (χ0) is 19.9. The fourth-order valence-corrected chi connectivity index (χ4v) is 3.91. The number of piperidine rings is 1. The van der Waals surface area contributed by atoms with Gasteiger partial charge < -0.3 is 15.0 Å². The number of morpholine rings is 1. The lowest BCUT2D eigenvalue weighted by atomic mass is 9.96. The molecule has 0 spiro atoms. The first-order valence-corrected chi connectivity index (χ1v) is 10.5. The van der Waals surface area contributed by atoms with E-state index in [-0.39, 0.29) is 11.8 Å². The Labute approximate surface area is 172 Å². The summed E-state index contributed by atoms with van der Waals surface area (Å²) in [5.41, 5.74) is 2.44. The number of hydrogen-bond acceptors (Lipinski definition) is 6. The fourth-order valence-electron chi connectivity index (χ4n) is 3.91. The van der Waals surface area contributed by atoms with Crippen molar-refractivity contribution in [1.29, 1.82) is 0 Å². The van der Waals surface area contributed by atoms with Gasteiger partial charge in [-0.05, 0) is 30.0 Å². The lowest BCUT2D eigenvalue weighted by molar-refractivity contribution is -0.125. The molecule has 7 nitrogen and oxygen atoms in total. The predicted molar refractivity (Wildman–Crippen MR) is 111 cm³/mol. The Morgan fingerprint density at radius 3 is 2.34 bits per heavy atom. The number of anilines is 1. The Hall–Kier alpha value is -2.51. The van der Waals surface area contributed by atoms with Gasteiger partial charge in [0.2, 0.25) is 11.9 Å². The quantitative estimate of drug-likeness (QED) is 0.805. The van der Waals surface area contributed by atoms with Crippen LogP contribution in [0.15, 0.2) is 42.7 Å². The molecule has 29 heavy (non-hydrogen) atoms. The van der Waals surface area contributed by atoms with Crippen molar-refractivity contribution in [2.24, 2.45) is 5.92 Å². The van der Waals surface area contributed by atoms with Gasteiger partial charge in [-0.25, -0.2) is 9.97 Å². The highest BCUT2D eigenvalue weighted by Crippen LogP contribution is 2.20. The molecule has 154 valence electrons. The molecule has 1 amide bonds. The van der Waals surface area contributed by atoms with E-state index in [1.807, 2.05) is 6.07 Å². The van der Waals surface area contributed by atoms with Gasteiger partial charge in [-0.2, -0.15) is 0 Å². The van der Waals surface area contributed by atoms with Crippen molar-refractivity contribution < 1.29 is 9.53 Å². The number of nitrogens with one attached hydrogen (secondary N) is 1. The Morgan fingerprint density at radius 2 is 1.66 bits per heavy atom. The van der Waals surface area contributed by atoms with Crippen molar-refractivity contribution in [3.63, 3.8) is 0 Å². The molecule has 2 aliphatic rings. The SMILES string of the molecule is O=C(NCc1ccc(CN2CCOCC2)cc1)C1CCN(c2ncccn2)CC1. The average Bonchev–Trinajstić information content (AvgIpc) is 2.80. The number of carbonyl (C=O) groups excluding carboxylic acids is 1. The summed E-state index contributed by atoms with van der Waals surface area (Å²) in [6.07, 6.45) is 5.19. The smallest absolute Gasteiger partial charge is 0.225 e. The molecule has 3 heterocycles. The number of nitrogens with zero attached hydrogens (tertiary/aromatic N) is 4. The standard InChI is InChI=1S/C22H29N5O2/c28-21(20-6-10-27(11-7-20)22-23-8-1-9-24-22)25-16-18-2-4-19(5-3-18)17-26-12-14-29-15-13-26/h1-5,8-9,20H,6-7,10-17H2,(H,25,28). The maximum Gasteiger partial charge on any atom is 0.225 e. The minimum Gasteiger partial charge on any atom is -0.379 e. The van der Waals surface area contributed by atoms with Crippen molar-refractivity contribution in [3.8, 4) is 0 Å². The van der Waals surface area contributed by atoms with E-state index in [4.69, 9.17) is 4.74 Å². The van der Waals surface area contributed by atoms with Crippen LogP contribution in [0.2, 0.25) is 0 Å². The Kier molecular flexibility index (Phi) is 6.69. The van der Waals surface area contributed by atoms with Gasteiger partial charge in [0, 0.05) is 57.6 Å². The van der Waals surface area contributed by atoms with Gasteiger partial charge in [-0.3, -0.25) is 9.69 Å². The highest BCUT2D eigenvalue weighted by Gasteiger charge is 2.25. The summed E-state index contributed by atoms with van der Waals surface area (Å²) in [5.74, 6) is 0.968. The van der Waals surface area contributed by atoms with E-state index in [1.54, 1.807) is 12.4 Å². The van der Waals surface area contributed by atoms with Crippen LogP contribution in [0.25, 0.3) is 0 Å². The number of carbonyl (C=O) groups is 1. The summed E-state index contributed by atoms with van der Waals surface area (Å²) in [6, 6.07) is 10.4. The number of amides is 1. The van der Waals surface area contributed by atoms with Gasteiger partial charge in [0.25, 0.3) is 0 Å². The fraction of sp³-hybridized carbons (Fsp3) is 0.500.